The van der Waals surface area contributed by atoms with Crippen molar-refractivity contribution in [3.05, 3.63) is 34.6 Å². The molecule has 0 aromatic heterocycles. The lowest BCUT2D eigenvalue weighted by molar-refractivity contribution is 0.287. The molecule has 0 bridgehead atoms. The summed E-state index contributed by atoms with van der Waals surface area (Å²) in [5, 5.41) is 7.78. The molecule has 0 amide bonds. The Morgan fingerprint density at radius 3 is 1.35 bits per heavy atom. The Balaban J connectivity index is 3.51. The zero-order valence-corrected chi connectivity index (χ0v) is 11.5. The average molecular weight is 294 g/mol. The molecule has 1 N–H and O–H groups in total. The van der Waals surface area contributed by atoms with Gasteiger partial charge in [0.2, 0.25) is 5.82 Å². The third kappa shape index (κ3) is 2.62. The van der Waals surface area contributed by atoms with Crippen LogP contribution in [0.1, 0.15) is 33.3 Å². The van der Waals surface area contributed by atoms with Gasteiger partial charge >= 0.3 is 0 Å². The molecule has 0 heterocycles. The second kappa shape index (κ2) is 5.76. The Hall–Kier alpha value is -1.66. The molecule has 1 rings (SSSR count). The lowest BCUT2D eigenvalue weighted by Gasteiger charge is -2.33. The molecule has 0 saturated heterocycles. The van der Waals surface area contributed by atoms with Crippen LogP contribution in [0.3, 0.4) is 0 Å². The molecular formula is C13H15F5N2. The van der Waals surface area contributed by atoms with E-state index in [9.17, 15) is 22.0 Å². The monoisotopic (exact) mass is 294 g/mol. The molecule has 1 aromatic carbocycles. The number of nitrogens with one attached hydrogen (secondary N) is 1. The van der Waals surface area contributed by atoms with Gasteiger partial charge in [0.15, 0.2) is 23.3 Å². The van der Waals surface area contributed by atoms with E-state index in [1.54, 1.807) is 27.7 Å². The summed E-state index contributed by atoms with van der Waals surface area (Å²) >= 11 is 0. The van der Waals surface area contributed by atoms with Crippen LogP contribution >= 0.6 is 0 Å². The van der Waals surface area contributed by atoms with Gasteiger partial charge in [-0.3, -0.25) is 5.41 Å². The molecular weight excluding hydrogens is 279 g/mol. The summed E-state index contributed by atoms with van der Waals surface area (Å²) < 4.78 is 66.6. The minimum absolute atomic E-state index is 0.336. The zero-order valence-electron chi connectivity index (χ0n) is 11.5. The summed E-state index contributed by atoms with van der Waals surface area (Å²) in [6, 6.07) is -0.671. The molecule has 0 unspecified atom stereocenters. The summed E-state index contributed by atoms with van der Waals surface area (Å²) in [6.45, 7) is 6.61. The van der Waals surface area contributed by atoms with E-state index in [0.29, 0.717) is 0 Å². The lowest BCUT2D eigenvalue weighted by atomic mass is 10.1. The quantitative estimate of drug-likeness (QED) is 0.296. The molecule has 0 spiro atoms. The van der Waals surface area contributed by atoms with Crippen molar-refractivity contribution in [3.8, 4) is 0 Å². The smallest absolute Gasteiger partial charge is 0.200 e. The first kappa shape index (κ1) is 16.4. The fourth-order valence-corrected chi connectivity index (χ4v) is 2.05. The number of hydrogen-bond acceptors (Lipinski definition) is 1. The standard InChI is InChI=1S/C13H15F5N2/c1-5(2)20(6(3)4)13(19)7-8(14)10(16)12(18)11(17)9(7)15/h5-6,19H,1-4H3. The molecule has 20 heavy (non-hydrogen) atoms. The maximum absolute atomic E-state index is 13.7. The number of rotatable bonds is 3. The topological polar surface area (TPSA) is 27.1 Å². The minimum atomic E-state index is -2.22. The second-order valence-corrected chi connectivity index (χ2v) is 4.89. The van der Waals surface area contributed by atoms with E-state index in [1.807, 2.05) is 0 Å². The van der Waals surface area contributed by atoms with Gasteiger partial charge in [-0.15, -0.1) is 0 Å². The molecule has 0 saturated carbocycles. The summed E-state index contributed by atoms with van der Waals surface area (Å²) in [6.07, 6.45) is 0. The van der Waals surface area contributed by atoms with Crippen molar-refractivity contribution in [2.24, 2.45) is 0 Å². The van der Waals surface area contributed by atoms with Crippen molar-refractivity contribution < 1.29 is 22.0 Å². The van der Waals surface area contributed by atoms with E-state index >= 15 is 0 Å². The molecule has 1 aromatic rings. The second-order valence-electron chi connectivity index (χ2n) is 4.89. The molecule has 0 atom stereocenters. The highest BCUT2D eigenvalue weighted by Gasteiger charge is 2.31. The van der Waals surface area contributed by atoms with Crippen LogP contribution in [0.4, 0.5) is 22.0 Å². The first-order chi connectivity index (χ1) is 9.11. The molecule has 0 aliphatic heterocycles. The van der Waals surface area contributed by atoms with E-state index in [0.717, 1.165) is 0 Å². The predicted octanol–water partition coefficient (Wildman–Crippen LogP) is 3.83. The summed E-state index contributed by atoms with van der Waals surface area (Å²) in [5.41, 5.74) is -1.20. The third-order valence-corrected chi connectivity index (χ3v) is 2.82. The molecule has 0 aliphatic carbocycles. The summed E-state index contributed by atoms with van der Waals surface area (Å²) in [5.74, 6) is -11.0. The maximum atomic E-state index is 13.7. The van der Waals surface area contributed by atoms with Gasteiger partial charge in [-0.1, -0.05) is 0 Å². The van der Waals surface area contributed by atoms with Crippen molar-refractivity contribution >= 4 is 5.84 Å². The normalized spacial score (nSPS) is 11.3. The van der Waals surface area contributed by atoms with Gasteiger partial charge < -0.3 is 4.90 Å². The highest BCUT2D eigenvalue weighted by Crippen LogP contribution is 2.25. The van der Waals surface area contributed by atoms with Gasteiger partial charge in [0.25, 0.3) is 0 Å². The van der Waals surface area contributed by atoms with Crippen LogP contribution in [0.5, 0.6) is 0 Å². The maximum Gasteiger partial charge on any atom is 0.200 e. The van der Waals surface area contributed by atoms with Gasteiger partial charge in [0.05, 0.1) is 5.56 Å². The molecule has 2 nitrogen and oxygen atoms in total. The minimum Gasteiger partial charge on any atom is -0.352 e. The Morgan fingerprint density at radius 1 is 0.750 bits per heavy atom. The first-order valence-electron chi connectivity index (χ1n) is 5.99. The van der Waals surface area contributed by atoms with Crippen LogP contribution in [0.15, 0.2) is 0 Å². The van der Waals surface area contributed by atoms with Crippen LogP contribution in [-0.2, 0) is 0 Å². The molecule has 0 fully saturated rings. The number of hydrogen-bond donors (Lipinski definition) is 1. The van der Waals surface area contributed by atoms with Gasteiger partial charge in [-0.05, 0) is 27.7 Å². The van der Waals surface area contributed by atoms with Gasteiger partial charge in [0.1, 0.15) is 5.84 Å². The fourth-order valence-electron chi connectivity index (χ4n) is 2.05. The lowest BCUT2D eigenvalue weighted by Crippen LogP contribution is -2.43. The van der Waals surface area contributed by atoms with Crippen LogP contribution in [0.2, 0.25) is 0 Å². The SMILES string of the molecule is CC(C)N(C(=N)c1c(F)c(F)c(F)c(F)c1F)C(C)C. The zero-order chi connectivity index (χ0) is 15.8. The van der Waals surface area contributed by atoms with Crippen molar-refractivity contribution in [2.75, 3.05) is 0 Å². The number of nitrogens with zero attached hydrogens (tertiary/aromatic N) is 1. The first-order valence-corrected chi connectivity index (χ1v) is 5.99. The Labute approximate surface area is 113 Å². The van der Waals surface area contributed by atoms with E-state index in [2.05, 4.69) is 0 Å². The highest BCUT2D eigenvalue weighted by atomic mass is 19.2. The van der Waals surface area contributed by atoms with E-state index in [1.165, 1.54) is 4.90 Å². The van der Waals surface area contributed by atoms with Gasteiger partial charge in [-0.2, -0.15) is 0 Å². The summed E-state index contributed by atoms with van der Waals surface area (Å²) in [4.78, 5) is 1.26. The number of amidine groups is 1. The number of benzene rings is 1. The summed E-state index contributed by atoms with van der Waals surface area (Å²) in [7, 11) is 0. The molecule has 112 valence electrons. The Kier molecular flexibility index (Phi) is 4.73. The average Bonchev–Trinajstić information content (AvgIpc) is 2.33. The van der Waals surface area contributed by atoms with Gasteiger partial charge in [-0.25, -0.2) is 22.0 Å². The van der Waals surface area contributed by atoms with Gasteiger partial charge in [0, 0.05) is 12.1 Å². The Morgan fingerprint density at radius 2 is 1.05 bits per heavy atom. The molecule has 0 aliphatic rings. The van der Waals surface area contributed by atoms with Crippen LogP contribution < -0.4 is 0 Å². The fraction of sp³-hybridized carbons (Fsp3) is 0.462. The Bertz CT molecular complexity index is 503. The number of halogens is 5. The van der Waals surface area contributed by atoms with Crippen LogP contribution in [0, 0.1) is 34.5 Å². The molecule has 0 radical (unpaired) electrons. The van der Waals surface area contributed by atoms with Crippen molar-refractivity contribution in [2.45, 2.75) is 39.8 Å². The van der Waals surface area contributed by atoms with Crippen molar-refractivity contribution in [3.63, 3.8) is 0 Å². The van der Waals surface area contributed by atoms with Crippen LogP contribution in [0.25, 0.3) is 0 Å². The predicted molar refractivity (Wildman–Crippen MR) is 65.2 cm³/mol. The van der Waals surface area contributed by atoms with Crippen molar-refractivity contribution in [1.82, 2.24) is 4.90 Å². The highest BCUT2D eigenvalue weighted by molar-refractivity contribution is 5.97. The largest absolute Gasteiger partial charge is 0.352 e. The van der Waals surface area contributed by atoms with E-state index < -0.39 is 40.5 Å². The third-order valence-electron chi connectivity index (χ3n) is 2.82. The molecule has 7 heteroatoms. The van der Waals surface area contributed by atoms with E-state index in [-0.39, 0.29) is 12.1 Å². The van der Waals surface area contributed by atoms with E-state index in [4.69, 9.17) is 5.41 Å². The van der Waals surface area contributed by atoms with Crippen LogP contribution in [-0.4, -0.2) is 22.8 Å². The van der Waals surface area contributed by atoms with Crippen molar-refractivity contribution in [1.29, 1.82) is 5.41 Å².